The van der Waals surface area contributed by atoms with E-state index < -0.39 is 15.8 Å². The minimum atomic E-state index is -3.71. The third-order valence-electron chi connectivity index (χ3n) is 2.44. The Bertz CT molecular complexity index is 590. The van der Waals surface area contributed by atoms with Gasteiger partial charge in [0.2, 0.25) is 10.0 Å². The summed E-state index contributed by atoms with van der Waals surface area (Å²) in [7, 11) is -3.71. The van der Waals surface area contributed by atoms with Crippen molar-refractivity contribution in [3.8, 4) is 0 Å². The molecule has 0 saturated carbocycles. The highest BCUT2D eigenvalue weighted by atomic mass is 32.2. The topological polar surface area (TPSA) is 72.2 Å². The average molecular weight is 336 g/mol. The van der Waals surface area contributed by atoms with E-state index in [4.69, 9.17) is 18.0 Å². The highest BCUT2D eigenvalue weighted by Gasteiger charge is 2.19. The third-order valence-corrected chi connectivity index (χ3v) is 5.39. The van der Waals surface area contributed by atoms with Gasteiger partial charge in [-0.05, 0) is 30.9 Å². The maximum atomic E-state index is 13.5. The zero-order chi connectivity index (χ0) is 15.3. The molecule has 3 N–H and O–H groups in total. The van der Waals surface area contributed by atoms with Crippen LogP contribution >= 0.6 is 24.0 Å². The lowest BCUT2D eigenvalue weighted by Gasteiger charge is -2.14. The minimum Gasteiger partial charge on any atom is -0.389 e. The second-order valence-corrected chi connectivity index (χ2v) is 7.66. The Labute approximate surface area is 128 Å². The SMILES string of the molecule is CCSCC(C)NS(=O)(=O)c1ccc(F)c(C(N)=S)c1. The van der Waals surface area contributed by atoms with E-state index in [0.29, 0.717) is 5.75 Å². The summed E-state index contributed by atoms with van der Waals surface area (Å²) in [5.41, 5.74) is 5.30. The number of nitrogens with one attached hydrogen (secondary N) is 1. The maximum Gasteiger partial charge on any atom is 0.240 e. The fraction of sp³-hybridized carbons (Fsp3) is 0.417. The number of nitrogens with two attached hydrogens (primary N) is 1. The molecular formula is C12H17FN2O2S3. The first kappa shape index (κ1) is 17.4. The molecule has 4 nitrogen and oxygen atoms in total. The number of hydrogen-bond donors (Lipinski definition) is 2. The van der Waals surface area contributed by atoms with E-state index in [2.05, 4.69) is 4.72 Å². The molecule has 20 heavy (non-hydrogen) atoms. The summed E-state index contributed by atoms with van der Waals surface area (Å²) in [5.74, 6) is 0.943. The Hall–Kier alpha value is -0.700. The van der Waals surface area contributed by atoms with E-state index >= 15 is 0 Å². The second-order valence-electron chi connectivity index (χ2n) is 4.19. The predicted molar refractivity (Wildman–Crippen MR) is 85.1 cm³/mol. The molecule has 0 aromatic heterocycles. The predicted octanol–water partition coefficient (Wildman–Crippen LogP) is 1.88. The van der Waals surface area contributed by atoms with Crippen LogP contribution in [0.15, 0.2) is 23.1 Å². The Morgan fingerprint density at radius 1 is 1.55 bits per heavy atom. The summed E-state index contributed by atoms with van der Waals surface area (Å²) in [6.07, 6.45) is 0. The van der Waals surface area contributed by atoms with Crippen LogP contribution in [0, 0.1) is 5.82 Å². The summed E-state index contributed by atoms with van der Waals surface area (Å²) in [6, 6.07) is 3.18. The number of thioether (sulfide) groups is 1. The largest absolute Gasteiger partial charge is 0.389 e. The molecule has 0 amide bonds. The number of benzene rings is 1. The van der Waals surface area contributed by atoms with E-state index in [1.165, 1.54) is 6.07 Å². The van der Waals surface area contributed by atoms with Crippen LogP contribution in [-0.4, -0.2) is 31.0 Å². The molecule has 8 heteroatoms. The zero-order valence-corrected chi connectivity index (χ0v) is 13.7. The number of halogens is 1. The van der Waals surface area contributed by atoms with Crippen molar-refractivity contribution < 1.29 is 12.8 Å². The first-order valence-corrected chi connectivity index (χ1v) is 9.02. The van der Waals surface area contributed by atoms with Crippen molar-refractivity contribution in [2.24, 2.45) is 5.73 Å². The second kappa shape index (κ2) is 7.35. The van der Waals surface area contributed by atoms with Crippen LogP contribution in [0.3, 0.4) is 0 Å². The normalized spacial score (nSPS) is 13.2. The van der Waals surface area contributed by atoms with E-state index in [0.717, 1.165) is 17.9 Å². The summed E-state index contributed by atoms with van der Waals surface area (Å²) in [4.78, 5) is -0.218. The number of rotatable bonds is 7. The Balaban J connectivity index is 2.98. The van der Waals surface area contributed by atoms with Crippen molar-refractivity contribution in [3.05, 3.63) is 29.6 Å². The van der Waals surface area contributed by atoms with Gasteiger partial charge in [0.1, 0.15) is 10.8 Å². The summed E-state index contributed by atoms with van der Waals surface area (Å²) in [6.45, 7) is 3.78. The highest BCUT2D eigenvalue weighted by molar-refractivity contribution is 7.99. The van der Waals surface area contributed by atoms with Gasteiger partial charge in [-0.2, -0.15) is 11.8 Å². The molecule has 112 valence electrons. The Morgan fingerprint density at radius 2 is 2.20 bits per heavy atom. The molecule has 0 heterocycles. The van der Waals surface area contributed by atoms with Gasteiger partial charge in [-0.1, -0.05) is 19.1 Å². The quantitative estimate of drug-likeness (QED) is 0.744. The van der Waals surface area contributed by atoms with Gasteiger partial charge in [-0.15, -0.1) is 0 Å². The van der Waals surface area contributed by atoms with Crippen molar-refractivity contribution >= 4 is 39.0 Å². The minimum absolute atomic E-state index is 0.0463. The molecule has 1 atom stereocenters. The average Bonchev–Trinajstić information content (AvgIpc) is 2.35. The van der Waals surface area contributed by atoms with Gasteiger partial charge in [-0.25, -0.2) is 17.5 Å². The molecule has 0 spiro atoms. The third kappa shape index (κ3) is 4.69. The lowest BCUT2D eigenvalue weighted by molar-refractivity contribution is 0.570. The van der Waals surface area contributed by atoms with Crippen molar-refractivity contribution in [1.82, 2.24) is 4.72 Å². The van der Waals surface area contributed by atoms with E-state index in [9.17, 15) is 12.8 Å². The maximum absolute atomic E-state index is 13.5. The number of thiocarbonyl (C=S) groups is 1. The molecule has 1 aromatic rings. The van der Waals surface area contributed by atoms with Crippen molar-refractivity contribution in [2.75, 3.05) is 11.5 Å². The van der Waals surface area contributed by atoms with Crippen LogP contribution in [0.1, 0.15) is 19.4 Å². The number of hydrogen-bond acceptors (Lipinski definition) is 4. The Morgan fingerprint density at radius 3 is 2.75 bits per heavy atom. The van der Waals surface area contributed by atoms with E-state index in [1.54, 1.807) is 18.7 Å². The molecular weight excluding hydrogens is 319 g/mol. The first-order valence-electron chi connectivity index (χ1n) is 5.97. The van der Waals surface area contributed by atoms with Gasteiger partial charge in [-0.3, -0.25) is 0 Å². The molecule has 0 bridgehead atoms. The molecule has 1 rings (SSSR count). The van der Waals surface area contributed by atoms with E-state index in [1.807, 2.05) is 6.92 Å². The molecule has 0 radical (unpaired) electrons. The molecule has 0 saturated heterocycles. The van der Waals surface area contributed by atoms with Crippen LogP contribution in [-0.2, 0) is 10.0 Å². The fourth-order valence-electron chi connectivity index (χ4n) is 1.52. The van der Waals surface area contributed by atoms with Crippen molar-refractivity contribution in [3.63, 3.8) is 0 Å². The smallest absolute Gasteiger partial charge is 0.240 e. The van der Waals surface area contributed by atoms with Gasteiger partial charge in [0, 0.05) is 17.4 Å². The zero-order valence-electron chi connectivity index (χ0n) is 11.2. The van der Waals surface area contributed by atoms with Gasteiger partial charge >= 0.3 is 0 Å². The lowest BCUT2D eigenvalue weighted by atomic mass is 10.2. The highest BCUT2D eigenvalue weighted by Crippen LogP contribution is 2.16. The molecule has 0 aliphatic heterocycles. The van der Waals surface area contributed by atoms with Gasteiger partial charge in [0.25, 0.3) is 0 Å². The van der Waals surface area contributed by atoms with Crippen LogP contribution < -0.4 is 10.5 Å². The summed E-state index contributed by atoms with van der Waals surface area (Å²) >= 11 is 6.33. The van der Waals surface area contributed by atoms with Crippen molar-refractivity contribution in [2.45, 2.75) is 24.8 Å². The summed E-state index contributed by atoms with van der Waals surface area (Å²) < 4.78 is 40.3. The van der Waals surface area contributed by atoms with Crippen LogP contribution in [0.5, 0.6) is 0 Å². The van der Waals surface area contributed by atoms with Crippen LogP contribution in [0.2, 0.25) is 0 Å². The lowest BCUT2D eigenvalue weighted by Crippen LogP contribution is -2.34. The van der Waals surface area contributed by atoms with Crippen LogP contribution in [0.25, 0.3) is 0 Å². The van der Waals surface area contributed by atoms with E-state index in [-0.39, 0.29) is 21.5 Å². The van der Waals surface area contributed by atoms with Gasteiger partial charge in [0.15, 0.2) is 0 Å². The summed E-state index contributed by atoms with van der Waals surface area (Å²) in [5, 5.41) is 0. The molecule has 0 fully saturated rings. The molecule has 1 aromatic carbocycles. The first-order chi connectivity index (χ1) is 9.27. The van der Waals surface area contributed by atoms with Gasteiger partial charge < -0.3 is 5.73 Å². The standard InChI is InChI=1S/C12H17FN2O2S3/c1-3-19-7-8(2)15-20(16,17)9-4-5-11(13)10(6-9)12(14)18/h4-6,8,15H,3,7H2,1-2H3,(H2,14,18). The monoisotopic (exact) mass is 336 g/mol. The van der Waals surface area contributed by atoms with Gasteiger partial charge in [0.05, 0.1) is 4.90 Å². The molecule has 0 aliphatic carbocycles. The molecule has 1 unspecified atom stereocenters. The van der Waals surface area contributed by atoms with Crippen molar-refractivity contribution in [1.29, 1.82) is 0 Å². The number of sulfonamides is 1. The fourth-order valence-corrected chi connectivity index (χ4v) is 3.73. The molecule has 0 aliphatic rings. The van der Waals surface area contributed by atoms with Crippen LogP contribution in [0.4, 0.5) is 4.39 Å². The Kier molecular flexibility index (Phi) is 6.38.